The first-order valence-electron chi connectivity index (χ1n) is 4.87. The van der Waals surface area contributed by atoms with Gasteiger partial charge in [0.25, 0.3) is 0 Å². The molecule has 0 radical (unpaired) electrons. The third-order valence-corrected chi connectivity index (χ3v) is 2.17. The fraction of sp³-hybridized carbons (Fsp3) is 0.400. The number of aliphatic hydroxyl groups excluding tert-OH is 1. The number of halogens is 7. The number of benzene rings is 1. The molecule has 10 heteroatoms. The molecule has 0 unspecified atom stereocenters. The Morgan fingerprint density at radius 2 is 1.45 bits per heavy atom. The SMILES string of the molecule is Cl.N[C@H](c1ccc(OC(F)(F)F)cc1)[C@@H](O)C(F)(F)F. The van der Waals surface area contributed by atoms with Crippen molar-refractivity contribution in [2.24, 2.45) is 5.73 Å². The zero-order valence-electron chi connectivity index (χ0n) is 9.57. The van der Waals surface area contributed by atoms with Crippen molar-refractivity contribution in [3.05, 3.63) is 29.8 Å². The highest BCUT2D eigenvalue weighted by Gasteiger charge is 2.42. The van der Waals surface area contributed by atoms with Gasteiger partial charge in [0.05, 0.1) is 6.04 Å². The summed E-state index contributed by atoms with van der Waals surface area (Å²) in [7, 11) is 0. The van der Waals surface area contributed by atoms with Gasteiger partial charge in [-0.15, -0.1) is 25.6 Å². The Morgan fingerprint density at radius 3 is 1.80 bits per heavy atom. The monoisotopic (exact) mass is 325 g/mol. The molecule has 3 N–H and O–H groups in total. The fourth-order valence-corrected chi connectivity index (χ4v) is 1.28. The van der Waals surface area contributed by atoms with E-state index in [-0.39, 0.29) is 18.0 Å². The van der Waals surface area contributed by atoms with Crippen LogP contribution in [0.4, 0.5) is 26.3 Å². The van der Waals surface area contributed by atoms with Gasteiger partial charge in [-0.1, -0.05) is 12.1 Å². The first-order valence-corrected chi connectivity index (χ1v) is 4.87. The minimum atomic E-state index is -4.92. The molecule has 3 nitrogen and oxygen atoms in total. The van der Waals surface area contributed by atoms with Crippen LogP contribution in [0.1, 0.15) is 11.6 Å². The normalized spacial score (nSPS) is 15.2. The maximum atomic E-state index is 12.2. The first-order chi connectivity index (χ1) is 8.50. The number of hydrogen-bond acceptors (Lipinski definition) is 3. The van der Waals surface area contributed by atoms with E-state index in [9.17, 15) is 26.3 Å². The lowest BCUT2D eigenvalue weighted by Crippen LogP contribution is -2.38. The number of rotatable bonds is 3. The van der Waals surface area contributed by atoms with E-state index in [1.807, 2.05) is 0 Å². The maximum absolute atomic E-state index is 12.2. The third-order valence-electron chi connectivity index (χ3n) is 2.17. The van der Waals surface area contributed by atoms with E-state index in [0.29, 0.717) is 0 Å². The van der Waals surface area contributed by atoms with Crippen LogP contribution >= 0.6 is 12.4 Å². The summed E-state index contributed by atoms with van der Waals surface area (Å²) < 4.78 is 75.6. The van der Waals surface area contributed by atoms with Crippen molar-refractivity contribution in [3.63, 3.8) is 0 Å². The molecule has 2 atom stereocenters. The van der Waals surface area contributed by atoms with Crippen molar-refractivity contribution in [2.45, 2.75) is 24.7 Å². The lowest BCUT2D eigenvalue weighted by Gasteiger charge is -2.21. The van der Waals surface area contributed by atoms with Gasteiger partial charge in [0.15, 0.2) is 6.10 Å². The van der Waals surface area contributed by atoms with Gasteiger partial charge in [-0.3, -0.25) is 0 Å². The summed E-state index contributed by atoms with van der Waals surface area (Å²) in [5.74, 6) is -0.593. The molecule has 20 heavy (non-hydrogen) atoms. The summed E-state index contributed by atoms with van der Waals surface area (Å²) in [5.41, 5.74) is 5.00. The van der Waals surface area contributed by atoms with Crippen molar-refractivity contribution in [3.8, 4) is 5.75 Å². The largest absolute Gasteiger partial charge is 0.573 e. The topological polar surface area (TPSA) is 55.5 Å². The third kappa shape index (κ3) is 5.43. The van der Waals surface area contributed by atoms with Crippen molar-refractivity contribution in [1.29, 1.82) is 0 Å². The quantitative estimate of drug-likeness (QED) is 0.840. The van der Waals surface area contributed by atoms with Crippen LogP contribution in [0.15, 0.2) is 24.3 Å². The smallest absolute Gasteiger partial charge is 0.406 e. The molecule has 1 rings (SSSR count). The maximum Gasteiger partial charge on any atom is 0.573 e. The molecule has 0 aromatic heterocycles. The second-order valence-electron chi connectivity index (χ2n) is 3.63. The first kappa shape index (κ1) is 18.8. The Bertz CT molecular complexity index is 419. The highest BCUT2D eigenvalue weighted by molar-refractivity contribution is 5.85. The molecule has 0 saturated carbocycles. The Morgan fingerprint density at radius 1 is 1.00 bits per heavy atom. The van der Waals surface area contributed by atoms with E-state index in [1.165, 1.54) is 0 Å². The van der Waals surface area contributed by atoms with E-state index in [0.717, 1.165) is 24.3 Å². The van der Waals surface area contributed by atoms with Crippen LogP contribution in [-0.2, 0) is 0 Å². The highest BCUT2D eigenvalue weighted by atomic mass is 35.5. The zero-order valence-corrected chi connectivity index (χ0v) is 10.4. The van der Waals surface area contributed by atoms with E-state index in [4.69, 9.17) is 10.8 Å². The van der Waals surface area contributed by atoms with Crippen LogP contribution in [0.3, 0.4) is 0 Å². The zero-order chi connectivity index (χ0) is 14.8. The van der Waals surface area contributed by atoms with Crippen molar-refractivity contribution >= 4 is 12.4 Å². The predicted molar refractivity (Wildman–Crippen MR) is 59.4 cm³/mol. The molecule has 0 bridgehead atoms. The summed E-state index contributed by atoms with van der Waals surface area (Å²) in [6.45, 7) is 0. The van der Waals surface area contributed by atoms with Gasteiger partial charge in [0, 0.05) is 0 Å². The van der Waals surface area contributed by atoms with Crippen molar-refractivity contribution in [2.75, 3.05) is 0 Å². The van der Waals surface area contributed by atoms with Gasteiger partial charge < -0.3 is 15.6 Å². The second-order valence-corrected chi connectivity index (χ2v) is 3.63. The molecule has 0 heterocycles. The molecular weight excluding hydrogens is 316 g/mol. The average Bonchev–Trinajstić information content (AvgIpc) is 2.24. The van der Waals surface area contributed by atoms with Gasteiger partial charge >= 0.3 is 12.5 Å². The second kappa shape index (κ2) is 6.51. The Balaban J connectivity index is 0.00000361. The summed E-state index contributed by atoms with van der Waals surface area (Å²) in [6, 6.07) is 1.67. The Kier molecular flexibility index (Phi) is 6.12. The van der Waals surface area contributed by atoms with E-state index < -0.39 is 30.4 Å². The van der Waals surface area contributed by atoms with Crippen LogP contribution in [0, 0.1) is 0 Å². The van der Waals surface area contributed by atoms with E-state index in [1.54, 1.807) is 0 Å². The number of alkyl halides is 6. The Hall–Kier alpha value is -1.19. The number of aliphatic hydroxyl groups is 1. The van der Waals surface area contributed by atoms with Gasteiger partial charge in [-0.2, -0.15) is 13.2 Å². The minimum Gasteiger partial charge on any atom is -0.406 e. The van der Waals surface area contributed by atoms with E-state index in [2.05, 4.69) is 4.74 Å². The predicted octanol–water partition coefficient (Wildman–Crippen LogP) is 2.93. The molecule has 0 amide bonds. The van der Waals surface area contributed by atoms with Gasteiger partial charge in [0.1, 0.15) is 5.75 Å². The molecule has 0 aliphatic heterocycles. The molecule has 0 spiro atoms. The summed E-state index contributed by atoms with van der Waals surface area (Å²) >= 11 is 0. The average molecular weight is 326 g/mol. The van der Waals surface area contributed by atoms with Crippen LogP contribution < -0.4 is 10.5 Å². The molecule has 1 aromatic rings. The van der Waals surface area contributed by atoms with Crippen LogP contribution in [-0.4, -0.2) is 23.7 Å². The molecule has 0 aliphatic carbocycles. The fourth-order valence-electron chi connectivity index (χ4n) is 1.28. The molecule has 0 saturated heterocycles. The van der Waals surface area contributed by atoms with Gasteiger partial charge in [-0.25, -0.2) is 0 Å². The molecule has 0 aliphatic rings. The molecule has 1 aromatic carbocycles. The minimum absolute atomic E-state index is 0. The summed E-state index contributed by atoms with van der Waals surface area (Å²) in [6.07, 6.45) is -12.6. The van der Waals surface area contributed by atoms with Crippen molar-refractivity contribution < 1.29 is 36.2 Å². The van der Waals surface area contributed by atoms with Crippen LogP contribution in [0.2, 0.25) is 0 Å². The standard InChI is InChI=1S/C10H9F6NO2.ClH/c11-9(12,13)8(18)7(17)5-1-3-6(4-2-5)19-10(14,15)16;/h1-4,7-8,18H,17H2;1H/t7-,8-;/m1./s1. The number of hydrogen-bond donors (Lipinski definition) is 2. The lowest BCUT2D eigenvalue weighted by atomic mass is 10.0. The summed E-state index contributed by atoms with van der Waals surface area (Å²) in [4.78, 5) is 0. The van der Waals surface area contributed by atoms with E-state index >= 15 is 0 Å². The lowest BCUT2D eigenvalue weighted by molar-refractivity contribution is -0.274. The van der Waals surface area contributed by atoms with Crippen LogP contribution in [0.5, 0.6) is 5.75 Å². The number of nitrogens with two attached hydrogens (primary N) is 1. The van der Waals surface area contributed by atoms with Crippen LogP contribution in [0.25, 0.3) is 0 Å². The van der Waals surface area contributed by atoms with Crippen molar-refractivity contribution in [1.82, 2.24) is 0 Å². The van der Waals surface area contributed by atoms with Gasteiger partial charge in [-0.05, 0) is 17.7 Å². The molecular formula is C10H10ClF6NO2. The highest BCUT2D eigenvalue weighted by Crippen LogP contribution is 2.30. The summed E-state index contributed by atoms with van der Waals surface area (Å²) in [5, 5.41) is 8.90. The van der Waals surface area contributed by atoms with Gasteiger partial charge in [0.2, 0.25) is 0 Å². The Labute approximate surface area is 115 Å². The number of ether oxygens (including phenoxy) is 1. The molecule has 116 valence electrons. The molecule has 0 fully saturated rings.